The number of aryl methyl sites for hydroxylation is 2. The van der Waals surface area contributed by atoms with Gasteiger partial charge in [0.15, 0.2) is 11.5 Å². The zero-order chi connectivity index (χ0) is 22.2. The van der Waals surface area contributed by atoms with E-state index < -0.39 is 0 Å². The van der Waals surface area contributed by atoms with Crippen LogP contribution < -0.4 is 15.0 Å². The van der Waals surface area contributed by atoms with Gasteiger partial charge in [-0.25, -0.2) is 4.98 Å². The van der Waals surface area contributed by atoms with Gasteiger partial charge in [0.2, 0.25) is 0 Å². The maximum absolute atomic E-state index is 13.6. The Morgan fingerprint density at radius 1 is 1.22 bits per heavy atom. The molecule has 2 aliphatic heterocycles. The van der Waals surface area contributed by atoms with E-state index in [1.165, 1.54) is 11.3 Å². The third-order valence-electron chi connectivity index (χ3n) is 6.28. The van der Waals surface area contributed by atoms with Gasteiger partial charge >= 0.3 is 0 Å². The predicted molar refractivity (Wildman–Crippen MR) is 124 cm³/mol. The maximum Gasteiger partial charge on any atom is 0.264 e. The van der Waals surface area contributed by atoms with Crippen molar-refractivity contribution in [3.8, 4) is 11.5 Å². The van der Waals surface area contributed by atoms with Crippen LogP contribution in [0.1, 0.15) is 52.8 Å². The number of benzene rings is 1. The predicted octanol–water partition coefficient (Wildman–Crippen LogP) is 3.93. The van der Waals surface area contributed by atoms with Gasteiger partial charge in [-0.05, 0) is 38.3 Å². The van der Waals surface area contributed by atoms with Crippen LogP contribution in [-0.4, -0.2) is 40.1 Å². The molecule has 8 heteroatoms. The van der Waals surface area contributed by atoms with Crippen molar-refractivity contribution < 1.29 is 14.3 Å². The summed E-state index contributed by atoms with van der Waals surface area (Å²) in [6.45, 7) is 6.52. The van der Waals surface area contributed by atoms with Crippen LogP contribution >= 0.6 is 11.3 Å². The van der Waals surface area contributed by atoms with Crippen molar-refractivity contribution >= 4 is 27.5 Å². The highest BCUT2D eigenvalue weighted by atomic mass is 32.1. The summed E-state index contributed by atoms with van der Waals surface area (Å²) < 4.78 is 13.3. The third-order valence-corrected chi connectivity index (χ3v) is 7.46. The molecule has 0 radical (unpaired) electrons. The molecule has 1 amide bonds. The standard InChI is InChI=1S/C24H27N3O4S/c1-3-26(14-16-8-7-9-17-20(16)31-13-12-30-17)24(29)21-15(2)19-22(32-21)25-18-10-5-4-6-11-27(18)23(19)28/h7-9H,3-6,10-14H2,1-2H3. The van der Waals surface area contributed by atoms with E-state index in [1.807, 2.05) is 36.6 Å². The number of rotatable bonds is 4. The van der Waals surface area contributed by atoms with Gasteiger partial charge < -0.3 is 14.4 Å². The molecular weight excluding hydrogens is 426 g/mol. The van der Waals surface area contributed by atoms with Gasteiger partial charge in [-0.3, -0.25) is 14.2 Å². The Balaban J connectivity index is 1.51. The van der Waals surface area contributed by atoms with Crippen LogP contribution in [0.4, 0.5) is 0 Å². The number of para-hydroxylation sites is 1. The summed E-state index contributed by atoms with van der Waals surface area (Å²) in [6.07, 6.45) is 3.97. The summed E-state index contributed by atoms with van der Waals surface area (Å²) in [5.41, 5.74) is 1.65. The monoisotopic (exact) mass is 453 g/mol. The SMILES string of the molecule is CCN(Cc1cccc2c1OCCO2)C(=O)c1sc2nc3n(c(=O)c2c1C)CCCCC3. The van der Waals surface area contributed by atoms with Crippen LogP contribution in [0.25, 0.3) is 10.2 Å². The van der Waals surface area contributed by atoms with Gasteiger partial charge in [-0.2, -0.15) is 0 Å². The quantitative estimate of drug-likeness (QED) is 0.599. The van der Waals surface area contributed by atoms with Gasteiger partial charge in [0.05, 0.1) is 10.3 Å². The second-order valence-corrected chi connectivity index (χ2v) is 9.29. The second kappa shape index (κ2) is 8.58. The summed E-state index contributed by atoms with van der Waals surface area (Å²) >= 11 is 1.34. The number of hydrogen-bond acceptors (Lipinski definition) is 6. The van der Waals surface area contributed by atoms with Crippen LogP contribution in [0, 0.1) is 6.92 Å². The topological polar surface area (TPSA) is 73.7 Å². The number of thiophene rings is 1. The third kappa shape index (κ3) is 3.56. The highest BCUT2D eigenvalue weighted by molar-refractivity contribution is 7.20. The molecule has 0 saturated heterocycles. The molecule has 0 unspecified atom stereocenters. The molecular formula is C24H27N3O4S. The molecule has 0 N–H and O–H groups in total. The summed E-state index contributed by atoms with van der Waals surface area (Å²) in [5.74, 6) is 2.19. The van der Waals surface area contributed by atoms with Gasteiger partial charge in [-0.15, -0.1) is 11.3 Å². The summed E-state index contributed by atoms with van der Waals surface area (Å²) in [6, 6.07) is 5.77. The molecule has 1 aromatic carbocycles. The van der Waals surface area contributed by atoms with Crippen molar-refractivity contribution in [2.24, 2.45) is 0 Å². The van der Waals surface area contributed by atoms with E-state index in [4.69, 9.17) is 14.5 Å². The molecule has 5 rings (SSSR count). The summed E-state index contributed by atoms with van der Waals surface area (Å²) in [4.78, 5) is 34.7. The fourth-order valence-corrected chi connectivity index (χ4v) is 5.71. The number of ether oxygens (including phenoxy) is 2. The van der Waals surface area contributed by atoms with Crippen LogP contribution in [-0.2, 0) is 19.5 Å². The van der Waals surface area contributed by atoms with Gasteiger partial charge in [-0.1, -0.05) is 18.6 Å². The largest absolute Gasteiger partial charge is 0.486 e. The van der Waals surface area contributed by atoms with Crippen LogP contribution in [0.5, 0.6) is 11.5 Å². The zero-order valence-corrected chi connectivity index (χ0v) is 19.3. The lowest BCUT2D eigenvalue weighted by Crippen LogP contribution is -2.31. The Kier molecular flexibility index (Phi) is 5.63. The number of carbonyl (C=O) groups excluding carboxylic acids is 1. The normalized spacial score (nSPS) is 15.3. The van der Waals surface area contributed by atoms with Gasteiger partial charge in [0.1, 0.15) is 23.9 Å². The van der Waals surface area contributed by atoms with E-state index in [1.54, 1.807) is 4.90 Å². The average molecular weight is 454 g/mol. The van der Waals surface area contributed by atoms with E-state index in [0.717, 1.165) is 42.6 Å². The van der Waals surface area contributed by atoms with Crippen molar-refractivity contribution in [1.82, 2.24) is 14.5 Å². The maximum atomic E-state index is 13.6. The Morgan fingerprint density at radius 3 is 2.91 bits per heavy atom. The first-order valence-corrected chi connectivity index (χ1v) is 12.1. The summed E-state index contributed by atoms with van der Waals surface area (Å²) in [7, 11) is 0. The fourth-order valence-electron chi connectivity index (χ4n) is 4.55. The molecule has 32 heavy (non-hydrogen) atoms. The van der Waals surface area contributed by atoms with Crippen molar-refractivity contribution in [3.63, 3.8) is 0 Å². The molecule has 0 atom stereocenters. The smallest absolute Gasteiger partial charge is 0.264 e. The zero-order valence-electron chi connectivity index (χ0n) is 18.5. The molecule has 7 nitrogen and oxygen atoms in total. The molecule has 4 heterocycles. The molecule has 0 saturated carbocycles. The van der Waals surface area contributed by atoms with Crippen molar-refractivity contribution in [2.75, 3.05) is 19.8 Å². The van der Waals surface area contributed by atoms with E-state index in [2.05, 4.69) is 0 Å². The van der Waals surface area contributed by atoms with Crippen molar-refractivity contribution in [3.05, 3.63) is 50.4 Å². The molecule has 168 valence electrons. The highest BCUT2D eigenvalue weighted by Crippen LogP contribution is 2.35. The molecule has 0 aliphatic carbocycles. The Labute approximate surface area is 190 Å². The fraction of sp³-hybridized carbons (Fsp3) is 0.458. The molecule has 2 aliphatic rings. The van der Waals surface area contributed by atoms with Crippen LogP contribution in [0.15, 0.2) is 23.0 Å². The lowest BCUT2D eigenvalue weighted by Gasteiger charge is -2.25. The second-order valence-electron chi connectivity index (χ2n) is 8.29. The molecule has 2 aromatic heterocycles. The number of carbonyl (C=O) groups is 1. The Bertz CT molecular complexity index is 1250. The molecule has 0 bridgehead atoms. The van der Waals surface area contributed by atoms with E-state index >= 15 is 0 Å². The first-order chi connectivity index (χ1) is 15.6. The van der Waals surface area contributed by atoms with Gasteiger partial charge in [0.25, 0.3) is 11.5 Å². The van der Waals surface area contributed by atoms with Crippen LogP contribution in [0.2, 0.25) is 0 Å². The number of hydrogen-bond donors (Lipinski definition) is 0. The average Bonchev–Trinajstić information content (AvgIpc) is 2.97. The lowest BCUT2D eigenvalue weighted by atomic mass is 10.1. The van der Waals surface area contributed by atoms with E-state index in [0.29, 0.717) is 59.4 Å². The number of fused-ring (bicyclic) bond motifs is 3. The minimum atomic E-state index is -0.0816. The van der Waals surface area contributed by atoms with Gasteiger partial charge in [0, 0.05) is 31.6 Å². The minimum absolute atomic E-state index is 0.00886. The van der Waals surface area contributed by atoms with Crippen LogP contribution in [0.3, 0.4) is 0 Å². The first-order valence-electron chi connectivity index (χ1n) is 11.3. The minimum Gasteiger partial charge on any atom is -0.486 e. The van der Waals surface area contributed by atoms with E-state index in [-0.39, 0.29) is 11.5 Å². The molecule has 0 fully saturated rings. The molecule has 0 spiro atoms. The molecule has 3 aromatic rings. The van der Waals surface area contributed by atoms with E-state index in [9.17, 15) is 9.59 Å². The lowest BCUT2D eigenvalue weighted by molar-refractivity contribution is 0.0753. The first kappa shape index (κ1) is 21.0. The van der Waals surface area contributed by atoms with Crippen molar-refractivity contribution in [1.29, 1.82) is 0 Å². The number of aromatic nitrogens is 2. The van der Waals surface area contributed by atoms with Crippen molar-refractivity contribution in [2.45, 2.75) is 52.6 Å². The Hall–Kier alpha value is -2.87. The summed E-state index contributed by atoms with van der Waals surface area (Å²) in [5, 5.41) is 0.592. The number of nitrogens with zero attached hydrogens (tertiary/aromatic N) is 3. The highest BCUT2D eigenvalue weighted by Gasteiger charge is 2.26. The number of amides is 1. The Morgan fingerprint density at radius 2 is 2.06 bits per heavy atom.